The van der Waals surface area contributed by atoms with Gasteiger partial charge in [-0.25, -0.2) is 0 Å². The van der Waals surface area contributed by atoms with Gasteiger partial charge in [0.1, 0.15) is 0 Å². The lowest BCUT2D eigenvalue weighted by Gasteiger charge is -2.38. The lowest BCUT2D eigenvalue weighted by atomic mass is 10.0. The van der Waals surface area contributed by atoms with Gasteiger partial charge in [0.2, 0.25) is 0 Å². The van der Waals surface area contributed by atoms with Crippen LogP contribution in [-0.2, 0) is 6.54 Å². The minimum Gasteiger partial charge on any atom is -0.338 e. The van der Waals surface area contributed by atoms with Gasteiger partial charge in [-0.2, -0.15) is 4.39 Å². The molecule has 0 saturated carbocycles. The molecule has 1 aliphatic rings. The molecule has 0 radical (unpaired) electrons. The van der Waals surface area contributed by atoms with Crippen molar-refractivity contribution in [2.45, 2.75) is 39.3 Å². The van der Waals surface area contributed by atoms with Gasteiger partial charge in [0.25, 0.3) is 11.8 Å². The molecule has 3 aromatic heterocycles. The van der Waals surface area contributed by atoms with Crippen molar-refractivity contribution in [3.63, 3.8) is 0 Å². The largest absolute Gasteiger partial charge is 0.338 e. The zero-order valence-corrected chi connectivity index (χ0v) is 18.9. The molecule has 32 heavy (non-hydrogen) atoms. The average Bonchev–Trinajstić information content (AvgIpc) is 3.16. The molecule has 2 amide bonds. The Bertz CT molecular complexity index is 1090. The summed E-state index contributed by atoms with van der Waals surface area (Å²) in [5.74, 6) is -0.232. The first-order valence-electron chi connectivity index (χ1n) is 10.6. The number of amides is 2. The number of carbonyl (C=O) groups is 2. The summed E-state index contributed by atoms with van der Waals surface area (Å²) in [5, 5.41) is -0.365. The van der Waals surface area contributed by atoms with Crippen LogP contribution in [0.2, 0.25) is 0 Å². The Labute approximate surface area is 190 Å². The Balaban J connectivity index is 1.50. The molecule has 4 rings (SSSR count). The monoisotopic (exact) mass is 452 g/mol. The highest BCUT2D eigenvalue weighted by Gasteiger charge is 2.32. The number of halogens is 1. The van der Waals surface area contributed by atoms with Crippen molar-refractivity contribution in [3.05, 3.63) is 81.3 Å². The van der Waals surface area contributed by atoms with Crippen molar-refractivity contribution < 1.29 is 14.0 Å². The number of hydrogen-bond donors (Lipinski definition) is 0. The SMILES string of the molecule is Cc1ccc(C(=O)N2CCC(N(Cc3ccccn3)C(=O)c3sc(F)cc3C)CC2)cn1. The fourth-order valence-corrected chi connectivity index (χ4v) is 4.83. The fraction of sp³-hybridized carbons (Fsp3) is 0.333. The molecule has 4 heterocycles. The number of nitrogens with zero attached hydrogens (tertiary/aromatic N) is 4. The van der Waals surface area contributed by atoms with Crippen molar-refractivity contribution >= 4 is 23.2 Å². The molecule has 1 fully saturated rings. The number of rotatable bonds is 5. The summed E-state index contributed by atoms with van der Waals surface area (Å²) in [4.78, 5) is 38.8. The van der Waals surface area contributed by atoms with Crippen LogP contribution in [0.15, 0.2) is 48.8 Å². The summed E-state index contributed by atoms with van der Waals surface area (Å²) in [7, 11) is 0. The molecule has 166 valence electrons. The van der Waals surface area contributed by atoms with Gasteiger partial charge < -0.3 is 9.80 Å². The Hall–Kier alpha value is -3.13. The van der Waals surface area contributed by atoms with E-state index in [4.69, 9.17) is 0 Å². The Morgan fingerprint density at radius 2 is 1.94 bits per heavy atom. The molecular weight excluding hydrogens is 427 g/mol. The first-order chi connectivity index (χ1) is 15.4. The number of pyridine rings is 2. The predicted molar refractivity (Wildman–Crippen MR) is 121 cm³/mol. The number of likely N-dealkylation sites (tertiary alicyclic amines) is 1. The van der Waals surface area contributed by atoms with E-state index in [1.54, 1.807) is 30.3 Å². The Morgan fingerprint density at radius 1 is 1.16 bits per heavy atom. The van der Waals surface area contributed by atoms with E-state index in [0.717, 1.165) is 22.7 Å². The average molecular weight is 453 g/mol. The molecule has 0 atom stereocenters. The van der Waals surface area contributed by atoms with Crippen LogP contribution in [0.1, 0.15) is 49.8 Å². The number of piperidine rings is 1. The fourth-order valence-electron chi connectivity index (χ4n) is 3.98. The lowest BCUT2D eigenvalue weighted by Crippen LogP contribution is -2.48. The van der Waals surface area contributed by atoms with Crippen LogP contribution in [0.5, 0.6) is 0 Å². The van der Waals surface area contributed by atoms with Crippen molar-refractivity contribution in [1.82, 2.24) is 19.8 Å². The van der Waals surface area contributed by atoms with Gasteiger partial charge in [-0.05, 0) is 62.6 Å². The molecule has 1 aliphatic heterocycles. The van der Waals surface area contributed by atoms with E-state index >= 15 is 0 Å². The minimum absolute atomic E-state index is 0.0466. The van der Waals surface area contributed by atoms with Crippen LogP contribution in [0.4, 0.5) is 4.39 Å². The highest BCUT2D eigenvalue weighted by Crippen LogP contribution is 2.27. The van der Waals surface area contributed by atoms with Crippen LogP contribution < -0.4 is 0 Å². The third-order valence-corrected chi connectivity index (χ3v) is 6.77. The lowest BCUT2D eigenvalue weighted by molar-refractivity contribution is 0.0501. The highest BCUT2D eigenvalue weighted by atomic mass is 32.1. The molecule has 0 bridgehead atoms. The third kappa shape index (κ3) is 4.85. The second-order valence-electron chi connectivity index (χ2n) is 8.03. The first kappa shape index (κ1) is 22.1. The van der Waals surface area contributed by atoms with Gasteiger partial charge in [-0.3, -0.25) is 19.6 Å². The standard InChI is InChI=1S/C24H25FN4O2S/c1-16-13-21(25)32-22(16)24(31)29(15-19-5-3-4-10-26-19)20-8-11-28(12-9-20)23(30)18-7-6-17(2)27-14-18/h3-7,10,13-14,20H,8-9,11-12,15H2,1-2H3. The van der Waals surface area contributed by atoms with E-state index in [1.165, 1.54) is 6.07 Å². The summed E-state index contributed by atoms with van der Waals surface area (Å²) < 4.78 is 13.8. The van der Waals surface area contributed by atoms with Crippen molar-refractivity contribution in [1.29, 1.82) is 0 Å². The first-order valence-corrected chi connectivity index (χ1v) is 11.4. The van der Waals surface area contributed by atoms with Crippen LogP contribution in [-0.4, -0.2) is 50.7 Å². The second-order valence-corrected chi connectivity index (χ2v) is 9.03. The summed E-state index contributed by atoms with van der Waals surface area (Å²) in [6.45, 7) is 5.07. The summed E-state index contributed by atoms with van der Waals surface area (Å²) in [6.07, 6.45) is 4.60. The van der Waals surface area contributed by atoms with E-state index in [0.29, 0.717) is 48.5 Å². The van der Waals surface area contributed by atoms with Gasteiger partial charge in [0, 0.05) is 37.2 Å². The Morgan fingerprint density at radius 3 is 2.53 bits per heavy atom. The van der Waals surface area contributed by atoms with Gasteiger partial charge in [-0.1, -0.05) is 6.07 Å². The van der Waals surface area contributed by atoms with Crippen molar-refractivity contribution in [2.24, 2.45) is 0 Å². The topological polar surface area (TPSA) is 66.4 Å². The van der Waals surface area contributed by atoms with Crippen LogP contribution in [0.25, 0.3) is 0 Å². The highest BCUT2D eigenvalue weighted by molar-refractivity contribution is 7.12. The zero-order chi connectivity index (χ0) is 22.7. The van der Waals surface area contributed by atoms with Crippen molar-refractivity contribution in [2.75, 3.05) is 13.1 Å². The molecule has 0 aliphatic carbocycles. The molecule has 3 aromatic rings. The summed E-state index contributed by atoms with van der Waals surface area (Å²) in [6, 6.07) is 10.6. The maximum absolute atomic E-state index is 13.8. The van der Waals surface area contributed by atoms with Gasteiger partial charge >= 0.3 is 0 Å². The molecule has 0 aromatic carbocycles. The number of aromatic nitrogens is 2. The maximum Gasteiger partial charge on any atom is 0.264 e. The third-order valence-electron chi connectivity index (χ3n) is 5.75. The number of thiophene rings is 1. The Kier molecular flexibility index (Phi) is 6.60. The molecular formula is C24H25FN4O2S. The molecule has 0 N–H and O–H groups in total. The van der Waals surface area contributed by atoms with E-state index in [2.05, 4.69) is 9.97 Å². The number of hydrogen-bond acceptors (Lipinski definition) is 5. The van der Waals surface area contributed by atoms with E-state index in [9.17, 15) is 14.0 Å². The second kappa shape index (κ2) is 9.56. The minimum atomic E-state index is -0.365. The van der Waals surface area contributed by atoms with Gasteiger partial charge in [0.05, 0.1) is 22.7 Å². The summed E-state index contributed by atoms with van der Waals surface area (Å²) >= 11 is 0.879. The number of aryl methyl sites for hydroxylation is 2. The molecule has 8 heteroatoms. The summed E-state index contributed by atoms with van der Waals surface area (Å²) in [5.41, 5.74) is 2.85. The maximum atomic E-state index is 13.8. The molecule has 0 unspecified atom stereocenters. The van der Waals surface area contributed by atoms with Gasteiger partial charge in [0.15, 0.2) is 5.13 Å². The van der Waals surface area contributed by atoms with Crippen LogP contribution in [0.3, 0.4) is 0 Å². The number of carbonyl (C=O) groups excluding carboxylic acids is 2. The molecule has 6 nitrogen and oxygen atoms in total. The van der Waals surface area contributed by atoms with E-state index in [-0.39, 0.29) is 23.0 Å². The van der Waals surface area contributed by atoms with Crippen LogP contribution >= 0.6 is 11.3 Å². The quantitative estimate of drug-likeness (QED) is 0.581. The van der Waals surface area contributed by atoms with E-state index in [1.807, 2.05) is 36.1 Å². The van der Waals surface area contributed by atoms with E-state index < -0.39 is 0 Å². The van der Waals surface area contributed by atoms with Gasteiger partial charge in [-0.15, -0.1) is 11.3 Å². The molecule has 1 saturated heterocycles. The molecule has 0 spiro atoms. The van der Waals surface area contributed by atoms with Crippen LogP contribution in [0, 0.1) is 19.0 Å². The van der Waals surface area contributed by atoms with Crippen molar-refractivity contribution in [3.8, 4) is 0 Å². The smallest absolute Gasteiger partial charge is 0.264 e. The normalized spacial score (nSPS) is 14.4. The zero-order valence-electron chi connectivity index (χ0n) is 18.1. The predicted octanol–water partition coefficient (Wildman–Crippen LogP) is 4.24.